The van der Waals surface area contributed by atoms with Crippen molar-refractivity contribution >= 4 is 0 Å². The zero-order chi connectivity index (χ0) is 8.06. The average Bonchev–Trinajstić information content (AvgIpc) is 1.85. The molecule has 0 aromatic carbocycles. The molecule has 0 spiro atoms. The summed E-state index contributed by atoms with van der Waals surface area (Å²) in [6.07, 6.45) is 3.58. The van der Waals surface area contributed by atoms with E-state index in [0.29, 0.717) is 12.0 Å². The Labute approximate surface area is 67.4 Å². The molecule has 62 valence electrons. The molecule has 0 aromatic rings. The van der Waals surface area contributed by atoms with E-state index in [1.54, 1.807) is 0 Å². The second kappa shape index (κ2) is 2.08. The first-order valence-electron chi connectivity index (χ1n) is 4.23. The van der Waals surface area contributed by atoms with Crippen molar-refractivity contribution in [3.05, 3.63) is 12.2 Å². The van der Waals surface area contributed by atoms with E-state index in [9.17, 15) is 0 Å². The van der Waals surface area contributed by atoms with Crippen LogP contribution in [0, 0.1) is 5.92 Å². The van der Waals surface area contributed by atoms with E-state index in [0.717, 1.165) is 19.3 Å². The van der Waals surface area contributed by atoms with Crippen molar-refractivity contribution in [3.63, 3.8) is 0 Å². The van der Waals surface area contributed by atoms with Crippen LogP contribution >= 0.6 is 0 Å². The van der Waals surface area contributed by atoms with Gasteiger partial charge in [0, 0.05) is 12.3 Å². The minimum Gasteiger partial charge on any atom is -0.357 e. The monoisotopic (exact) mass is 153 g/mol. The van der Waals surface area contributed by atoms with Crippen LogP contribution in [0.2, 0.25) is 0 Å². The van der Waals surface area contributed by atoms with Crippen molar-refractivity contribution in [3.8, 4) is 0 Å². The molecule has 3 atom stereocenters. The molecule has 1 unspecified atom stereocenters. The molecule has 1 aliphatic carbocycles. The maximum absolute atomic E-state index is 5.85. The average molecular weight is 153 g/mol. The van der Waals surface area contributed by atoms with E-state index in [4.69, 9.17) is 10.5 Å². The summed E-state index contributed by atoms with van der Waals surface area (Å²) in [6, 6.07) is 0. The minimum absolute atomic E-state index is 0.253. The Hall–Kier alpha value is -0.340. The first-order valence-corrected chi connectivity index (χ1v) is 4.23. The number of ether oxygens (including phenoxy) is 1. The first kappa shape index (κ1) is 7.32. The lowest BCUT2D eigenvalue weighted by atomic mass is 9.74. The standard InChI is InChI=1S/C9H15NO/c1-6(2)7-3-4-9(10)5-8(7)11-9/h7-8H,1,3-5,10H2,2H3/t7-,8?,9+/m0/s1. The Bertz CT molecular complexity index is 188. The third-order valence-electron chi connectivity index (χ3n) is 2.89. The molecule has 2 heteroatoms. The summed E-state index contributed by atoms with van der Waals surface area (Å²) in [4.78, 5) is 0. The highest BCUT2D eigenvalue weighted by Gasteiger charge is 2.50. The van der Waals surface area contributed by atoms with Crippen molar-refractivity contribution in [2.45, 2.75) is 38.0 Å². The van der Waals surface area contributed by atoms with Gasteiger partial charge in [-0.05, 0) is 19.8 Å². The Balaban J connectivity index is 2.04. The highest BCUT2D eigenvalue weighted by Crippen LogP contribution is 2.46. The Morgan fingerprint density at radius 1 is 1.73 bits per heavy atom. The van der Waals surface area contributed by atoms with Crippen LogP contribution in [0.4, 0.5) is 0 Å². The van der Waals surface area contributed by atoms with Gasteiger partial charge in [0.2, 0.25) is 0 Å². The van der Waals surface area contributed by atoms with Crippen LogP contribution < -0.4 is 5.73 Å². The van der Waals surface area contributed by atoms with Crippen LogP contribution in [0.3, 0.4) is 0 Å². The van der Waals surface area contributed by atoms with Crippen LogP contribution in [0.5, 0.6) is 0 Å². The maximum Gasteiger partial charge on any atom is 0.119 e. The third kappa shape index (κ3) is 1.01. The fourth-order valence-corrected chi connectivity index (χ4v) is 2.17. The molecule has 2 aliphatic heterocycles. The van der Waals surface area contributed by atoms with Gasteiger partial charge < -0.3 is 10.5 Å². The molecule has 2 heterocycles. The van der Waals surface area contributed by atoms with Crippen LogP contribution in [-0.4, -0.2) is 11.8 Å². The summed E-state index contributed by atoms with van der Waals surface area (Å²) >= 11 is 0. The van der Waals surface area contributed by atoms with E-state index in [-0.39, 0.29) is 5.72 Å². The predicted octanol–water partition coefficient (Wildman–Crippen LogP) is 1.42. The van der Waals surface area contributed by atoms with E-state index >= 15 is 0 Å². The molecule has 1 saturated carbocycles. The molecule has 0 amide bonds. The Kier molecular flexibility index (Phi) is 1.38. The summed E-state index contributed by atoms with van der Waals surface area (Å²) in [6.45, 7) is 6.03. The predicted molar refractivity (Wildman–Crippen MR) is 43.9 cm³/mol. The molecule has 2 bridgehead atoms. The Morgan fingerprint density at radius 2 is 2.36 bits per heavy atom. The van der Waals surface area contributed by atoms with Gasteiger partial charge in [-0.2, -0.15) is 0 Å². The molecule has 3 aliphatic rings. The first-order chi connectivity index (χ1) is 5.11. The van der Waals surface area contributed by atoms with Crippen molar-refractivity contribution in [2.24, 2.45) is 11.7 Å². The molecule has 2 nitrogen and oxygen atoms in total. The quantitative estimate of drug-likeness (QED) is 0.578. The zero-order valence-corrected chi connectivity index (χ0v) is 6.97. The number of fused-ring (bicyclic) bond motifs is 2. The van der Waals surface area contributed by atoms with Gasteiger partial charge in [0.05, 0.1) is 6.10 Å². The SMILES string of the molecule is C=C(C)[C@@H]1CC[C@]2(N)CC1O2. The lowest BCUT2D eigenvalue weighted by molar-refractivity contribution is -0.249. The fourth-order valence-electron chi connectivity index (χ4n) is 2.17. The highest BCUT2D eigenvalue weighted by molar-refractivity contribution is 5.09. The van der Waals surface area contributed by atoms with E-state index in [2.05, 4.69) is 13.5 Å². The number of hydrogen-bond donors (Lipinski definition) is 1. The minimum atomic E-state index is -0.253. The van der Waals surface area contributed by atoms with Gasteiger partial charge in [-0.15, -0.1) is 0 Å². The molecular formula is C9H15NO. The molecule has 2 saturated heterocycles. The number of nitrogens with two attached hydrogens (primary N) is 1. The van der Waals surface area contributed by atoms with E-state index in [1.807, 2.05) is 0 Å². The normalized spacial score (nSPS) is 48.2. The lowest BCUT2D eigenvalue weighted by Crippen LogP contribution is -2.63. The third-order valence-corrected chi connectivity index (χ3v) is 2.89. The van der Waals surface area contributed by atoms with Crippen molar-refractivity contribution < 1.29 is 4.74 Å². The number of rotatable bonds is 1. The van der Waals surface area contributed by atoms with Gasteiger partial charge in [0.25, 0.3) is 0 Å². The van der Waals surface area contributed by atoms with Crippen molar-refractivity contribution in [2.75, 3.05) is 0 Å². The smallest absolute Gasteiger partial charge is 0.119 e. The van der Waals surface area contributed by atoms with Gasteiger partial charge in [0.15, 0.2) is 0 Å². The maximum atomic E-state index is 5.85. The van der Waals surface area contributed by atoms with Crippen LogP contribution in [0.1, 0.15) is 26.2 Å². The molecular weight excluding hydrogens is 138 g/mol. The summed E-state index contributed by atoms with van der Waals surface area (Å²) < 4.78 is 5.55. The molecule has 0 aromatic heterocycles. The van der Waals surface area contributed by atoms with Crippen molar-refractivity contribution in [1.82, 2.24) is 0 Å². The topological polar surface area (TPSA) is 35.2 Å². The summed E-state index contributed by atoms with van der Waals surface area (Å²) in [7, 11) is 0. The molecule has 2 N–H and O–H groups in total. The molecule has 0 radical (unpaired) electrons. The highest BCUT2D eigenvalue weighted by atomic mass is 16.5. The molecule has 3 rings (SSSR count). The Morgan fingerprint density at radius 3 is 2.73 bits per heavy atom. The van der Waals surface area contributed by atoms with Gasteiger partial charge in [-0.3, -0.25) is 0 Å². The van der Waals surface area contributed by atoms with Crippen LogP contribution in [0.25, 0.3) is 0 Å². The van der Waals surface area contributed by atoms with E-state index in [1.165, 1.54) is 5.57 Å². The van der Waals surface area contributed by atoms with Gasteiger partial charge in [-0.1, -0.05) is 12.2 Å². The van der Waals surface area contributed by atoms with Gasteiger partial charge >= 0.3 is 0 Å². The summed E-state index contributed by atoms with van der Waals surface area (Å²) in [5, 5.41) is 0. The van der Waals surface area contributed by atoms with Crippen LogP contribution in [-0.2, 0) is 4.74 Å². The largest absolute Gasteiger partial charge is 0.357 e. The second-order valence-corrected chi connectivity index (χ2v) is 3.92. The number of hydrogen-bond acceptors (Lipinski definition) is 2. The molecule has 11 heavy (non-hydrogen) atoms. The second-order valence-electron chi connectivity index (χ2n) is 3.92. The fraction of sp³-hybridized carbons (Fsp3) is 0.778. The van der Waals surface area contributed by atoms with Crippen LogP contribution in [0.15, 0.2) is 12.2 Å². The summed E-state index contributed by atoms with van der Waals surface area (Å²) in [5.74, 6) is 0.570. The lowest BCUT2D eigenvalue weighted by Gasteiger charge is -2.53. The zero-order valence-electron chi connectivity index (χ0n) is 6.97. The summed E-state index contributed by atoms with van der Waals surface area (Å²) in [5.41, 5.74) is 6.85. The van der Waals surface area contributed by atoms with E-state index < -0.39 is 0 Å². The van der Waals surface area contributed by atoms with Gasteiger partial charge in [-0.25, -0.2) is 0 Å². The van der Waals surface area contributed by atoms with Gasteiger partial charge in [0.1, 0.15) is 5.72 Å². The molecule has 3 fully saturated rings. The van der Waals surface area contributed by atoms with Crippen molar-refractivity contribution in [1.29, 1.82) is 0 Å².